The van der Waals surface area contributed by atoms with Gasteiger partial charge in [-0.25, -0.2) is 13.1 Å². The molecule has 2 heterocycles. The summed E-state index contributed by atoms with van der Waals surface area (Å²) in [6.45, 7) is 5.87. The van der Waals surface area contributed by atoms with Gasteiger partial charge in [-0.05, 0) is 46.2 Å². The average Bonchev–Trinajstić information content (AvgIpc) is 2.62. The number of sulfonamides is 1. The number of rotatable bonds is 3. The molecule has 0 aromatic heterocycles. The Hall–Kier alpha value is -0.170. The molecule has 0 aromatic rings. The highest BCUT2D eigenvalue weighted by atomic mass is 32.2. The summed E-state index contributed by atoms with van der Waals surface area (Å²) in [7, 11) is -3.21. The number of nitrogens with one attached hydrogen (secondary N) is 2. The van der Waals surface area contributed by atoms with Gasteiger partial charge in [0.15, 0.2) is 0 Å². The van der Waals surface area contributed by atoms with E-state index in [0.29, 0.717) is 6.61 Å². The molecule has 2 saturated heterocycles. The van der Waals surface area contributed by atoms with Crippen molar-refractivity contribution in [2.75, 3.05) is 19.7 Å². The standard InChI is InChI=1S/C11H22N2O3S/c1-9(2)17(14,15)13-10-3-8-16-11(10)4-6-12-7-5-11/h9-10,12-13H,3-8H2,1-2H3. The monoisotopic (exact) mass is 262 g/mol. The van der Waals surface area contributed by atoms with Gasteiger partial charge in [-0.3, -0.25) is 0 Å². The maximum atomic E-state index is 11.9. The van der Waals surface area contributed by atoms with Gasteiger partial charge in [0.05, 0.1) is 16.9 Å². The van der Waals surface area contributed by atoms with E-state index in [2.05, 4.69) is 10.0 Å². The molecule has 2 aliphatic heterocycles. The largest absolute Gasteiger partial charge is 0.373 e. The van der Waals surface area contributed by atoms with E-state index in [4.69, 9.17) is 4.74 Å². The van der Waals surface area contributed by atoms with Crippen molar-refractivity contribution in [3.8, 4) is 0 Å². The molecule has 1 spiro atoms. The lowest BCUT2D eigenvalue weighted by molar-refractivity contribution is -0.0300. The first-order chi connectivity index (χ1) is 7.96. The summed E-state index contributed by atoms with van der Waals surface area (Å²) in [4.78, 5) is 0. The highest BCUT2D eigenvalue weighted by molar-refractivity contribution is 7.90. The molecular weight excluding hydrogens is 240 g/mol. The molecule has 1 atom stereocenters. The van der Waals surface area contributed by atoms with Crippen LogP contribution in [0.4, 0.5) is 0 Å². The van der Waals surface area contributed by atoms with Crippen LogP contribution in [0.15, 0.2) is 0 Å². The van der Waals surface area contributed by atoms with Gasteiger partial charge in [-0.2, -0.15) is 0 Å². The Morgan fingerprint density at radius 2 is 2.00 bits per heavy atom. The Balaban J connectivity index is 2.10. The molecule has 2 N–H and O–H groups in total. The Bertz CT molecular complexity index is 361. The number of piperidine rings is 1. The summed E-state index contributed by atoms with van der Waals surface area (Å²) < 4.78 is 32.5. The first-order valence-corrected chi connectivity index (χ1v) is 7.87. The summed E-state index contributed by atoms with van der Waals surface area (Å²) in [5.74, 6) is 0. The van der Waals surface area contributed by atoms with Gasteiger partial charge in [-0.1, -0.05) is 0 Å². The summed E-state index contributed by atoms with van der Waals surface area (Å²) in [6, 6.07) is -0.0583. The van der Waals surface area contributed by atoms with Gasteiger partial charge in [0.1, 0.15) is 0 Å². The van der Waals surface area contributed by atoms with E-state index in [9.17, 15) is 8.42 Å². The fraction of sp³-hybridized carbons (Fsp3) is 1.00. The van der Waals surface area contributed by atoms with Crippen LogP contribution in [0.5, 0.6) is 0 Å². The second-order valence-electron chi connectivity index (χ2n) is 5.22. The average molecular weight is 262 g/mol. The van der Waals surface area contributed by atoms with Crippen LogP contribution in [-0.4, -0.2) is 45.0 Å². The van der Waals surface area contributed by atoms with E-state index >= 15 is 0 Å². The predicted octanol–water partition coefficient (Wildman–Crippen LogP) is 0.225. The molecule has 1 unspecified atom stereocenters. The van der Waals surface area contributed by atoms with Crippen molar-refractivity contribution >= 4 is 10.0 Å². The zero-order valence-corrected chi connectivity index (χ0v) is 11.3. The molecule has 2 rings (SSSR count). The number of hydrogen-bond acceptors (Lipinski definition) is 4. The Morgan fingerprint density at radius 1 is 1.35 bits per heavy atom. The molecule has 0 saturated carbocycles. The van der Waals surface area contributed by atoms with Gasteiger partial charge in [0, 0.05) is 6.61 Å². The van der Waals surface area contributed by atoms with E-state index in [1.54, 1.807) is 13.8 Å². The highest BCUT2D eigenvalue weighted by Gasteiger charge is 2.46. The minimum Gasteiger partial charge on any atom is -0.373 e. The Labute approximate surface area is 103 Å². The lowest BCUT2D eigenvalue weighted by atomic mass is 9.86. The van der Waals surface area contributed by atoms with Crippen molar-refractivity contribution in [2.45, 2.75) is 50.0 Å². The van der Waals surface area contributed by atoms with Gasteiger partial charge in [0.2, 0.25) is 10.0 Å². The molecule has 17 heavy (non-hydrogen) atoms. The highest BCUT2D eigenvalue weighted by Crippen LogP contribution is 2.34. The lowest BCUT2D eigenvalue weighted by Gasteiger charge is -2.38. The summed E-state index contributed by atoms with van der Waals surface area (Å²) in [5.41, 5.74) is -0.271. The van der Waals surface area contributed by atoms with Crippen LogP contribution in [0.2, 0.25) is 0 Å². The zero-order valence-electron chi connectivity index (χ0n) is 10.5. The Kier molecular flexibility index (Phi) is 3.77. The van der Waals surface area contributed by atoms with E-state index in [0.717, 1.165) is 32.4 Å². The third-order valence-corrected chi connectivity index (χ3v) is 5.66. The van der Waals surface area contributed by atoms with E-state index in [1.165, 1.54) is 0 Å². The summed E-state index contributed by atoms with van der Waals surface area (Å²) >= 11 is 0. The maximum Gasteiger partial charge on any atom is 0.214 e. The Morgan fingerprint density at radius 3 is 2.59 bits per heavy atom. The van der Waals surface area contributed by atoms with Crippen LogP contribution in [0, 0.1) is 0 Å². The SMILES string of the molecule is CC(C)S(=O)(=O)NC1CCOC12CCNCC2. The molecule has 2 fully saturated rings. The van der Waals surface area contributed by atoms with Gasteiger partial charge in [0.25, 0.3) is 0 Å². The quantitative estimate of drug-likeness (QED) is 0.764. The smallest absolute Gasteiger partial charge is 0.214 e. The van der Waals surface area contributed by atoms with E-state index in [1.807, 2.05) is 0 Å². The van der Waals surface area contributed by atoms with Crippen molar-refractivity contribution in [3.63, 3.8) is 0 Å². The van der Waals surface area contributed by atoms with Crippen molar-refractivity contribution in [1.82, 2.24) is 10.0 Å². The molecule has 2 aliphatic rings. The van der Waals surface area contributed by atoms with Crippen molar-refractivity contribution in [2.24, 2.45) is 0 Å². The minimum atomic E-state index is -3.21. The topological polar surface area (TPSA) is 67.4 Å². The molecule has 6 heteroatoms. The van der Waals surface area contributed by atoms with Crippen molar-refractivity contribution in [3.05, 3.63) is 0 Å². The molecule has 0 aromatic carbocycles. The molecular formula is C11H22N2O3S. The molecule has 0 aliphatic carbocycles. The summed E-state index contributed by atoms with van der Waals surface area (Å²) in [6.07, 6.45) is 2.56. The molecule has 100 valence electrons. The molecule has 5 nitrogen and oxygen atoms in total. The fourth-order valence-corrected chi connectivity index (χ4v) is 3.59. The zero-order chi connectivity index (χ0) is 12.5. The lowest BCUT2D eigenvalue weighted by Crippen LogP contribution is -2.55. The molecule has 0 bridgehead atoms. The van der Waals surface area contributed by atoms with Crippen LogP contribution in [0.3, 0.4) is 0 Å². The first kappa shape index (κ1) is 13.3. The van der Waals surface area contributed by atoms with E-state index < -0.39 is 10.0 Å². The van der Waals surface area contributed by atoms with Crippen LogP contribution in [-0.2, 0) is 14.8 Å². The van der Waals surface area contributed by atoms with Crippen LogP contribution >= 0.6 is 0 Å². The normalized spacial score (nSPS) is 29.0. The number of hydrogen-bond donors (Lipinski definition) is 2. The first-order valence-electron chi connectivity index (χ1n) is 6.32. The minimum absolute atomic E-state index is 0.0583. The third kappa shape index (κ3) is 2.65. The molecule has 0 radical (unpaired) electrons. The van der Waals surface area contributed by atoms with Crippen molar-refractivity contribution in [1.29, 1.82) is 0 Å². The van der Waals surface area contributed by atoms with Gasteiger partial charge in [-0.15, -0.1) is 0 Å². The van der Waals surface area contributed by atoms with Crippen LogP contribution < -0.4 is 10.0 Å². The maximum absolute atomic E-state index is 11.9. The summed E-state index contributed by atoms with van der Waals surface area (Å²) in [5, 5.41) is 2.90. The van der Waals surface area contributed by atoms with Crippen LogP contribution in [0.1, 0.15) is 33.1 Å². The van der Waals surface area contributed by atoms with E-state index in [-0.39, 0.29) is 16.9 Å². The number of ether oxygens (including phenoxy) is 1. The van der Waals surface area contributed by atoms with Crippen LogP contribution in [0.25, 0.3) is 0 Å². The molecule has 0 amide bonds. The fourth-order valence-electron chi connectivity index (χ4n) is 2.59. The second kappa shape index (κ2) is 4.84. The second-order valence-corrected chi connectivity index (χ2v) is 7.48. The van der Waals surface area contributed by atoms with Crippen molar-refractivity contribution < 1.29 is 13.2 Å². The van der Waals surface area contributed by atoms with Gasteiger partial charge >= 0.3 is 0 Å². The van der Waals surface area contributed by atoms with Gasteiger partial charge < -0.3 is 10.1 Å². The predicted molar refractivity (Wildman–Crippen MR) is 66.4 cm³/mol. The third-order valence-electron chi connectivity index (χ3n) is 3.81.